The SMILES string of the molecule is CCCCC(=O)N[C@@H](NC(=S)Nc1ccc(Cl)c(Cl)c1)C(Cl)(Cl)Cl. The molecule has 1 aromatic carbocycles. The van der Waals surface area contributed by atoms with E-state index in [1.54, 1.807) is 18.2 Å². The van der Waals surface area contributed by atoms with Crippen LogP contribution in [0.5, 0.6) is 0 Å². The van der Waals surface area contributed by atoms with Gasteiger partial charge in [0.25, 0.3) is 0 Å². The van der Waals surface area contributed by atoms with E-state index in [0.717, 1.165) is 12.8 Å². The number of hydrogen-bond acceptors (Lipinski definition) is 2. The van der Waals surface area contributed by atoms with E-state index in [-0.39, 0.29) is 11.0 Å². The predicted molar refractivity (Wildman–Crippen MR) is 108 cm³/mol. The van der Waals surface area contributed by atoms with Crippen LogP contribution in [0.4, 0.5) is 5.69 Å². The molecule has 4 nitrogen and oxygen atoms in total. The molecular weight excluding hydrogens is 436 g/mol. The van der Waals surface area contributed by atoms with Gasteiger partial charge in [0.2, 0.25) is 9.70 Å². The molecule has 0 fully saturated rings. The van der Waals surface area contributed by atoms with Crippen LogP contribution in [0, 0.1) is 0 Å². The first kappa shape index (κ1) is 21.9. The zero-order chi connectivity index (χ0) is 18.3. The molecule has 134 valence electrons. The normalized spacial score (nSPS) is 12.4. The van der Waals surface area contributed by atoms with E-state index < -0.39 is 9.96 Å². The Bertz CT molecular complexity index is 594. The van der Waals surface area contributed by atoms with Crippen LogP contribution < -0.4 is 16.0 Å². The zero-order valence-corrected chi connectivity index (χ0v) is 17.2. The van der Waals surface area contributed by atoms with Crippen LogP contribution in [-0.4, -0.2) is 21.0 Å². The predicted octanol–water partition coefficient (Wildman–Crippen LogP) is 5.28. The minimum Gasteiger partial charge on any atom is -0.339 e. The molecule has 0 heterocycles. The molecule has 24 heavy (non-hydrogen) atoms. The van der Waals surface area contributed by atoms with E-state index >= 15 is 0 Å². The molecule has 3 N–H and O–H groups in total. The molecule has 0 radical (unpaired) electrons. The van der Waals surface area contributed by atoms with Crippen LogP contribution in [0.15, 0.2) is 18.2 Å². The van der Waals surface area contributed by atoms with Crippen molar-refractivity contribution in [1.82, 2.24) is 10.6 Å². The highest BCUT2D eigenvalue weighted by Gasteiger charge is 2.34. The van der Waals surface area contributed by atoms with Crippen molar-refractivity contribution >= 4 is 86.9 Å². The van der Waals surface area contributed by atoms with Crippen molar-refractivity contribution in [3.63, 3.8) is 0 Å². The Morgan fingerprint density at radius 3 is 2.42 bits per heavy atom. The number of amides is 1. The van der Waals surface area contributed by atoms with Crippen LogP contribution in [0.1, 0.15) is 26.2 Å². The van der Waals surface area contributed by atoms with Gasteiger partial charge in [-0.15, -0.1) is 0 Å². The fraction of sp³-hybridized carbons (Fsp3) is 0.429. The van der Waals surface area contributed by atoms with Crippen LogP contribution >= 0.6 is 70.2 Å². The van der Waals surface area contributed by atoms with Crippen LogP contribution in [0.2, 0.25) is 10.0 Å². The van der Waals surface area contributed by atoms with Gasteiger partial charge in [-0.05, 0) is 36.8 Å². The van der Waals surface area contributed by atoms with Crippen molar-refractivity contribution in [2.45, 2.75) is 36.1 Å². The quantitative estimate of drug-likeness (QED) is 0.313. The number of nitrogens with one attached hydrogen (secondary N) is 3. The molecule has 1 rings (SSSR count). The molecule has 10 heteroatoms. The van der Waals surface area contributed by atoms with E-state index in [9.17, 15) is 4.79 Å². The van der Waals surface area contributed by atoms with Gasteiger partial charge in [-0.25, -0.2) is 0 Å². The summed E-state index contributed by atoms with van der Waals surface area (Å²) in [6.45, 7) is 1.98. The lowest BCUT2D eigenvalue weighted by Crippen LogP contribution is -2.56. The third-order valence-corrected chi connectivity index (χ3v) is 4.46. The van der Waals surface area contributed by atoms with Crippen molar-refractivity contribution in [3.8, 4) is 0 Å². The van der Waals surface area contributed by atoms with Gasteiger partial charge in [-0.2, -0.15) is 0 Å². The molecule has 0 spiro atoms. The lowest BCUT2D eigenvalue weighted by Gasteiger charge is -2.27. The van der Waals surface area contributed by atoms with Crippen molar-refractivity contribution in [3.05, 3.63) is 28.2 Å². The lowest BCUT2D eigenvalue weighted by molar-refractivity contribution is -0.122. The number of halogens is 5. The second-order valence-corrected chi connectivity index (χ2v) is 8.46. The number of hydrogen-bond donors (Lipinski definition) is 3. The Kier molecular flexibility index (Phi) is 9.20. The molecule has 0 aromatic heterocycles. The van der Waals surface area contributed by atoms with E-state index in [0.29, 0.717) is 22.2 Å². The number of thiocarbonyl (C=S) groups is 1. The second kappa shape index (κ2) is 10.1. The molecule has 0 aliphatic rings. The summed E-state index contributed by atoms with van der Waals surface area (Å²) in [5.41, 5.74) is 0.599. The lowest BCUT2D eigenvalue weighted by atomic mass is 10.2. The zero-order valence-electron chi connectivity index (χ0n) is 12.6. The number of carbonyl (C=O) groups excluding carboxylic acids is 1. The third kappa shape index (κ3) is 7.81. The molecular formula is C14H16Cl5N3OS. The topological polar surface area (TPSA) is 53.2 Å². The maximum absolute atomic E-state index is 11.9. The maximum Gasteiger partial charge on any atom is 0.228 e. The minimum atomic E-state index is -1.79. The van der Waals surface area contributed by atoms with Crippen LogP contribution in [0.25, 0.3) is 0 Å². The highest BCUT2D eigenvalue weighted by Crippen LogP contribution is 2.29. The van der Waals surface area contributed by atoms with Gasteiger partial charge < -0.3 is 16.0 Å². The minimum absolute atomic E-state index is 0.153. The van der Waals surface area contributed by atoms with Gasteiger partial charge in [0, 0.05) is 12.1 Å². The van der Waals surface area contributed by atoms with Crippen molar-refractivity contribution in [1.29, 1.82) is 0 Å². The first-order valence-electron chi connectivity index (χ1n) is 7.02. The molecule has 0 saturated heterocycles. The Morgan fingerprint density at radius 2 is 1.88 bits per heavy atom. The molecule has 0 unspecified atom stereocenters. The summed E-state index contributed by atoms with van der Waals surface area (Å²) >= 11 is 34.7. The monoisotopic (exact) mass is 449 g/mol. The average Bonchev–Trinajstić information content (AvgIpc) is 2.47. The Morgan fingerprint density at radius 1 is 1.21 bits per heavy atom. The van der Waals surface area contributed by atoms with E-state index in [1.807, 2.05) is 6.92 Å². The number of anilines is 1. The smallest absolute Gasteiger partial charge is 0.228 e. The molecule has 1 amide bonds. The average molecular weight is 452 g/mol. The summed E-state index contributed by atoms with van der Waals surface area (Å²) in [6.07, 6.45) is 0.971. The standard InChI is InChI=1S/C14H16Cl5N3OS/c1-2-3-4-11(23)21-12(14(17,18)19)22-13(24)20-8-5-6-9(15)10(16)7-8/h5-7,12H,2-4H2,1H3,(H,21,23)(H2,20,22,24)/t12-/m0/s1. The van der Waals surface area contributed by atoms with Crippen molar-refractivity contribution in [2.24, 2.45) is 0 Å². The molecule has 1 aromatic rings. The van der Waals surface area contributed by atoms with Crippen molar-refractivity contribution in [2.75, 3.05) is 5.32 Å². The van der Waals surface area contributed by atoms with E-state index in [4.69, 9.17) is 70.2 Å². The number of alkyl halides is 3. The molecule has 0 saturated carbocycles. The Hall–Kier alpha value is -0.170. The first-order valence-corrected chi connectivity index (χ1v) is 9.32. The van der Waals surface area contributed by atoms with Gasteiger partial charge in [-0.1, -0.05) is 71.3 Å². The summed E-state index contributed by atoms with van der Waals surface area (Å²) in [5.74, 6) is -0.238. The second-order valence-electron chi connectivity index (χ2n) is 4.87. The van der Waals surface area contributed by atoms with E-state index in [2.05, 4.69) is 16.0 Å². The Labute approximate surface area is 171 Å². The van der Waals surface area contributed by atoms with Gasteiger partial charge in [0.1, 0.15) is 6.17 Å². The van der Waals surface area contributed by atoms with Crippen molar-refractivity contribution < 1.29 is 4.79 Å². The molecule has 0 aliphatic carbocycles. The summed E-state index contributed by atoms with van der Waals surface area (Å²) in [4.78, 5) is 11.9. The van der Waals surface area contributed by atoms with E-state index in [1.165, 1.54) is 0 Å². The van der Waals surface area contributed by atoms with Gasteiger partial charge in [0.15, 0.2) is 5.11 Å². The number of benzene rings is 1. The third-order valence-electron chi connectivity index (χ3n) is 2.84. The fourth-order valence-electron chi connectivity index (χ4n) is 1.64. The molecule has 0 bridgehead atoms. The van der Waals surface area contributed by atoms with Gasteiger partial charge >= 0.3 is 0 Å². The fourth-order valence-corrected chi connectivity index (χ4v) is 2.50. The molecule has 1 atom stereocenters. The Balaban J connectivity index is 2.70. The number of rotatable bonds is 6. The largest absolute Gasteiger partial charge is 0.339 e. The number of unbranched alkanes of at least 4 members (excludes halogenated alkanes) is 1. The summed E-state index contributed by atoms with van der Waals surface area (Å²) in [5, 5.41) is 9.19. The summed E-state index contributed by atoms with van der Waals surface area (Å²) < 4.78 is -1.79. The highest BCUT2D eigenvalue weighted by molar-refractivity contribution is 7.80. The first-order chi connectivity index (χ1) is 11.1. The number of carbonyl (C=O) groups is 1. The van der Waals surface area contributed by atoms with Crippen LogP contribution in [0.3, 0.4) is 0 Å². The highest BCUT2D eigenvalue weighted by atomic mass is 35.6. The maximum atomic E-state index is 11.9. The van der Waals surface area contributed by atoms with Gasteiger partial charge in [-0.3, -0.25) is 4.79 Å². The van der Waals surface area contributed by atoms with Crippen LogP contribution in [-0.2, 0) is 4.79 Å². The molecule has 0 aliphatic heterocycles. The summed E-state index contributed by atoms with van der Waals surface area (Å²) in [6, 6.07) is 4.90. The van der Waals surface area contributed by atoms with Gasteiger partial charge in [0.05, 0.1) is 10.0 Å². The summed E-state index contributed by atoms with van der Waals surface area (Å²) in [7, 11) is 0.